The van der Waals surface area contributed by atoms with Crippen molar-refractivity contribution in [2.75, 3.05) is 0 Å². The van der Waals surface area contributed by atoms with Gasteiger partial charge in [-0.3, -0.25) is 0 Å². The number of aliphatic hydroxyl groups is 1. The highest BCUT2D eigenvalue weighted by Crippen LogP contribution is 2.20. The Bertz CT molecular complexity index is 177. The predicted molar refractivity (Wildman–Crippen MR) is 38.5 cm³/mol. The molecular weight excluding hydrogens is 128 g/mol. The normalized spacial score (nSPS) is 14.0. The molecule has 1 aromatic heterocycles. The summed E-state index contributed by atoms with van der Waals surface area (Å²) in [6.45, 7) is 3.94. The van der Waals surface area contributed by atoms with Crippen LogP contribution in [0.25, 0.3) is 0 Å². The SMILES string of the molecule is CC(C)[C@@H](O)c1ccoc1. The Kier molecular flexibility index (Phi) is 2.12. The van der Waals surface area contributed by atoms with Crippen molar-refractivity contribution in [3.05, 3.63) is 24.2 Å². The molecule has 0 radical (unpaired) electrons. The molecular formula is C8H12O2. The summed E-state index contributed by atoms with van der Waals surface area (Å²) in [5.41, 5.74) is 0.856. The summed E-state index contributed by atoms with van der Waals surface area (Å²) in [6, 6.07) is 1.78. The third kappa shape index (κ3) is 1.39. The van der Waals surface area contributed by atoms with Gasteiger partial charge in [0.25, 0.3) is 0 Å². The molecule has 2 nitrogen and oxygen atoms in total. The van der Waals surface area contributed by atoms with Gasteiger partial charge in [-0.25, -0.2) is 0 Å². The van der Waals surface area contributed by atoms with E-state index in [1.54, 1.807) is 18.6 Å². The number of hydrogen-bond acceptors (Lipinski definition) is 2. The molecule has 1 heterocycles. The van der Waals surface area contributed by atoms with Crippen LogP contribution in [-0.4, -0.2) is 5.11 Å². The lowest BCUT2D eigenvalue weighted by Crippen LogP contribution is -2.03. The molecule has 0 saturated heterocycles. The van der Waals surface area contributed by atoms with E-state index in [1.165, 1.54) is 0 Å². The van der Waals surface area contributed by atoms with Gasteiger partial charge >= 0.3 is 0 Å². The highest BCUT2D eigenvalue weighted by atomic mass is 16.3. The molecule has 0 unspecified atom stereocenters. The average molecular weight is 140 g/mol. The first-order valence-corrected chi connectivity index (χ1v) is 3.42. The van der Waals surface area contributed by atoms with E-state index in [9.17, 15) is 5.11 Å². The first kappa shape index (κ1) is 7.35. The van der Waals surface area contributed by atoms with Crippen LogP contribution in [0, 0.1) is 5.92 Å². The monoisotopic (exact) mass is 140 g/mol. The second kappa shape index (κ2) is 2.88. The molecule has 0 aliphatic carbocycles. The number of furan rings is 1. The summed E-state index contributed by atoms with van der Waals surface area (Å²) < 4.78 is 4.83. The Labute approximate surface area is 60.5 Å². The van der Waals surface area contributed by atoms with Crippen molar-refractivity contribution in [1.82, 2.24) is 0 Å². The molecule has 56 valence electrons. The Morgan fingerprint density at radius 2 is 2.20 bits per heavy atom. The highest BCUT2D eigenvalue weighted by molar-refractivity contribution is 5.09. The van der Waals surface area contributed by atoms with E-state index in [0.717, 1.165) is 5.56 Å². The lowest BCUT2D eigenvalue weighted by Gasteiger charge is -2.10. The van der Waals surface area contributed by atoms with Crippen LogP contribution in [0.1, 0.15) is 25.5 Å². The summed E-state index contributed by atoms with van der Waals surface area (Å²) in [7, 11) is 0. The van der Waals surface area contributed by atoms with Gasteiger partial charge in [0, 0.05) is 5.56 Å². The van der Waals surface area contributed by atoms with Crippen molar-refractivity contribution >= 4 is 0 Å². The van der Waals surface area contributed by atoms with Crippen molar-refractivity contribution in [2.45, 2.75) is 20.0 Å². The van der Waals surface area contributed by atoms with Crippen LogP contribution in [0.4, 0.5) is 0 Å². The van der Waals surface area contributed by atoms with E-state index < -0.39 is 6.10 Å². The van der Waals surface area contributed by atoms with Gasteiger partial charge in [0.05, 0.1) is 18.6 Å². The first-order valence-electron chi connectivity index (χ1n) is 3.42. The molecule has 0 saturated carbocycles. The van der Waals surface area contributed by atoms with E-state index >= 15 is 0 Å². The predicted octanol–water partition coefficient (Wildman–Crippen LogP) is 1.97. The largest absolute Gasteiger partial charge is 0.472 e. The topological polar surface area (TPSA) is 33.4 Å². The van der Waals surface area contributed by atoms with Gasteiger partial charge in [-0.05, 0) is 12.0 Å². The zero-order valence-corrected chi connectivity index (χ0v) is 6.24. The quantitative estimate of drug-likeness (QED) is 0.681. The molecule has 1 atom stereocenters. The Morgan fingerprint density at radius 1 is 1.50 bits per heavy atom. The molecule has 1 rings (SSSR count). The van der Waals surface area contributed by atoms with Gasteiger partial charge in [-0.1, -0.05) is 13.8 Å². The van der Waals surface area contributed by atoms with E-state index in [2.05, 4.69) is 0 Å². The Morgan fingerprint density at radius 3 is 2.60 bits per heavy atom. The van der Waals surface area contributed by atoms with Crippen molar-refractivity contribution in [1.29, 1.82) is 0 Å². The Hall–Kier alpha value is -0.760. The molecule has 1 N–H and O–H groups in total. The zero-order valence-electron chi connectivity index (χ0n) is 6.24. The summed E-state index contributed by atoms with van der Waals surface area (Å²) in [6.07, 6.45) is 2.75. The molecule has 0 aliphatic heterocycles. The smallest absolute Gasteiger partial charge is 0.0960 e. The molecule has 2 heteroatoms. The zero-order chi connectivity index (χ0) is 7.56. The van der Waals surface area contributed by atoms with Gasteiger partial charge in [-0.15, -0.1) is 0 Å². The summed E-state index contributed by atoms with van der Waals surface area (Å²) >= 11 is 0. The fourth-order valence-electron chi connectivity index (χ4n) is 0.828. The molecule has 0 bridgehead atoms. The molecule has 1 aromatic rings. The third-order valence-electron chi connectivity index (χ3n) is 1.52. The van der Waals surface area contributed by atoms with Gasteiger partial charge in [0.2, 0.25) is 0 Å². The second-order valence-corrected chi connectivity index (χ2v) is 2.75. The minimum absolute atomic E-state index is 0.248. The summed E-state index contributed by atoms with van der Waals surface area (Å²) in [5.74, 6) is 0.248. The van der Waals surface area contributed by atoms with Gasteiger partial charge < -0.3 is 9.52 Å². The third-order valence-corrected chi connectivity index (χ3v) is 1.52. The molecule has 0 amide bonds. The van der Waals surface area contributed by atoms with Gasteiger partial charge in [0.15, 0.2) is 0 Å². The van der Waals surface area contributed by atoms with E-state index in [-0.39, 0.29) is 5.92 Å². The van der Waals surface area contributed by atoms with E-state index in [0.29, 0.717) is 0 Å². The maximum Gasteiger partial charge on any atom is 0.0960 e. The van der Waals surface area contributed by atoms with Crippen LogP contribution in [0.3, 0.4) is 0 Å². The second-order valence-electron chi connectivity index (χ2n) is 2.75. The fraction of sp³-hybridized carbons (Fsp3) is 0.500. The lowest BCUT2D eigenvalue weighted by molar-refractivity contribution is 0.126. The fourth-order valence-corrected chi connectivity index (χ4v) is 0.828. The standard InChI is InChI=1S/C8H12O2/c1-6(2)8(9)7-3-4-10-5-7/h3-6,8-9H,1-2H3/t8-/m1/s1. The van der Waals surface area contributed by atoms with Gasteiger partial charge in [-0.2, -0.15) is 0 Å². The highest BCUT2D eigenvalue weighted by Gasteiger charge is 2.11. The first-order chi connectivity index (χ1) is 4.72. The van der Waals surface area contributed by atoms with E-state index in [4.69, 9.17) is 4.42 Å². The van der Waals surface area contributed by atoms with Crippen LogP contribution in [0.5, 0.6) is 0 Å². The minimum Gasteiger partial charge on any atom is -0.472 e. The number of aliphatic hydroxyl groups excluding tert-OH is 1. The van der Waals surface area contributed by atoms with Crippen LogP contribution in [0.15, 0.2) is 23.0 Å². The molecule has 0 aliphatic rings. The molecule has 0 aromatic carbocycles. The van der Waals surface area contributed by atoms with Crippen LogP contribution >= 0.6 is 0 Å². The van der Waals surface area contributed by atoms with Crippen molar-refractivity contribution in [3.63, 3.8) is 0 Å². The van der Waals surface area contributed by atoms with Gasteiger partial charge in [0.1, 0.15) is 0 Å². The number of hydrogen-bond donors (Lipinski definition) is 1. The van der Waals surface area contributed by atoms with Crippen LogP contribution in [0.2, 0.25) is 0 Å². The van der Waals surface area contributed by atoms with E-state index in [1.807, 2.05) is 13.8 Å². The average Bonchev–Trinajstić information content (AvgIpc) is 2.36. The summed E-state index contributed by atoms with van der Waals surface area (Å²) in [4.78, 5) is 0. The number of rotatable bonds is 2. The molecule has 0 fully saturated rings. The van der Waals surface area contributed by atoms with Crippen LogP contribution in [-0.2, 0) is 0 Å². The molecule has 0 spiro atoms. The molecule has 10 heavy (non-hydrogen) atoms. The van der Waals surface area contributed by atoms with Crippen molar-refractivity contribution in [3.8, 4) is 0 Å². The summed E-state index contributed by atoms with van der Waals surface area (Å²) in [5, 5.41) is 9.43. The maximum absolute atomic E-state index is 9.43. The van der Waals surface area contributed by atoms with Crippen LogP contribution < -0.4 is 0 Å². The Balaban J connectivity index is 2.68. The van der Waals surface area contributed by atoms with Crippen molar-refractivity contribution in [2.24, 2.45) is 5.92 Å². The van der Waals surface area contributed by atoms with Crippen molar-refractivity contribution < 1.29 is 9.52 Å². The lowest BCUT2D eigenvalue weighted by atomic mass is 10.0. The maximum atomic E-state index is 9.43. The minimum atomic E-state index is -0.390.